The van der Waals surface area contributed by atoms with Crippen LogP contribution in [0.4, 0.5) is 10.1 Å². The molecule has 0 spiro atoms. The highest BCUT2D eigenvalue weighted by Crippen LogP contribution is 2.16. The standard InChI is InChI=1S/C12H10FN3O3S/c13-8-2-1-6(3-7(8)12(18)19)15-11(17)9-5-20-10(4-14)16-9/h1-3,5H,4,14H2,(H,15,17)(H,18,19). The van der Waals surface area contributed by atoms with E-state index < -0.39 is 23.3 Å². The SMILES string of the molecule is NCc1nc(C(=O)Nc2ccc(F)c(C(=O)O)c2)cs1. The van der Waals surface area contributed by atoms with Gasteiger partial charge in [0.1, 0.15) is 16.5 Å². The summed E-state index contributed by atoms with van der Waals surface area (Å²) in [6.45, 7) is 0.234. The van der Waals surface area contributed by atoms with Crippen molar-refractivity contribution in [2.24, 2.45) is 5.73 Å². The van der Waals surface area contributed by atoms with Gasteiger partial charge in [-0.2, -0.15) is 0 Å². The molecule has 1 aromatic carbocycles. The number of nitrogens with one attached hydrogen (secondary N) is 1. The van der Waals surface area contributed by atoms with Crippen molar-refractivity contribution in [3.8, 4) is 0 Å². The quantitative estimate of drug-likeness (QED) is 0.796. The van der Waals surface area contributed by atoms with Gasteiger partial charge in [0.15, 0.2) is 0 Å². The van der Waals surface area contributed by atoms with Gasteiger partial charge < -0.3 is 16.2 Å². The molecule has 0 saturated heterocycles. The number of halogens is 1. The molecule has 2 rings (SSSR count). The van der Waals surface area contributed by atoms with Crippen LogP contribution in [0, 0.1) is 5.82 Å². The minimum Gasteiger partial charge on any atom is -0.478 e. The zero-order valence-corrected chi connectivity index (χ0v) is 10.9. The second-order valence-corrected chi connectivity index (χ2v) is 4.73. The van der Waals surface area contributed by atoms with E-state index in [0.29, 0.717) is 5.01 Å². The molecule has 0 unspecified atom stereocenters. The number of nitrogens with zero attached hydrogens (tertiary/aromatic N) is 1. The van der Waals surface area contributed by atoms with E-state index in [1.165, 1.54) is 17.4 Å². The highest BCUT2D eigenvalue weighted by Gasteiger charge is 2.14. The Bertz CT molecular complexity index is 672. The van der Waals surface area contributed by atoms with Crippen molar-refractivity contribution >= 4 is 28.9 Å². The molecule has 0 bridgehead atoms. The maximum absolute atomic E-state index is 13.2. The van der Waals surface area contributed by atoms with E-state index in [9.17, 15) is 14.0 Å². The molecule has 0 aliphatic carbocycles. The summed E-state index contributed by atoms with van der Waals surface area (Å²) in [7, 11) is 0. The topological polar surface area (TPSA) is 105 Å². The van der Waals surface area contributed by atoms with Crippen LogP contribution in [0.3, 0.4) is 0 Å². The number of amides is 1. The van der Waals surface area contributed by atoms with E-state index in [4.69, 9.17) is 10.8 Å². The molecule has 8 heteroatoms. The molecule has 1 aromatic heterocycles. The van der Waals surface area contributed by atoms with E-state index in [-0.39, 0.29) is 17.9 Å². The summed E-state index contributed by atoms with van der Waals surface area (Å²) in [4.78, 5) is 26.6. The van der Waals surface area contributed by atoms with Crippen LogP contribution in [-0.4, -0.2) is 22.0 Å². The normalized spacial score (nSPS) is 10.3. The lowest BCUT2D eigenvalue weighted by Crippen LogP contribution is -2.13. The van der Waals surface area contributed by atoms with Crippen LogP contribution in [-0.2, 0) is 6.54 Å². The van der Waals surface area contributed by atoms with Crippen LogP contribution >= 0.6 is 11.3 Å². The first-order valence-corrected chi connectivity index (χ1v) is 6.38. The Morgan fingerprint density at radius 1 is 1.45 bits per heavy atom. The summed E-state index contributed by atoms with van der Waals surface area (Å²) >= 11 is 1.25. The number of hydrogen-bond acceptors (Lipinski definition) is 5. The Labute approximate surface area is 117 Å². The maximum Gasteiger partial charge on any atom is 0.338 e. The predicted molar refractivity (Wildman–Crippen MR) is 71.3 cm³/mol. The number of carboxylic acids is 1. The van der Waals surface area contributed by atoms with Crippen molar-refractivity contribution in [3.63, 3.8) is 0 Å². The van der Waals surface area contributed by atoms with Gasteiger partial charge in [-0.25, -0.2) is 14.2 Å². The first-order valence-electron chi connectivity index (χ1n) is 5.50. The Morgan fingerprint density at radius 2 is 2.20 bits per heavy atom. The van der Waals surface area contributed by atoms with Crippen LogP contribution in [0.1, 0.15) is 25.9 Å². The van der Waals surface area contributed by atoms with E-state index in [2.05, 4.69) is 10.3 Å². The summed E-state index contributed by atoms with van der Waals surface area (Å²) in [5.74, 6) is -2.78. The van der Waals surface area contributed by atoms with Gasteiger partial charge in [0.25, 0.3) is 5.91 Å². The number of hydrogen-bond donors (Lipinski definition) is 3. The van der Waals surface area contributed by atoms with Gasteiger partial charge in [-0.3, -0.25) is 4.79 Å². The summed E-state index contributed by atoms with van der Waals surface area (Å²) in [5.41, 5.74) is 5.24. The van der Waals surface area contributed by atoms with Gasteiger partial charge >= 0.3 is 5.97 Å². The lowest BCUT2D eigenvalue weighted by Gasteiger charge is -2.05. The maximum atomic E-state index is 13.2. The van der Waals surface area contributed by atoms with Gasteiger partial charge in [0.2, 0.25) is 0 Å². The van der Waals surface area contributed by atoms with Gasteiger partial charge in [-0.15, -0.1) is 11.3 Å². The monoisotopic (exact) mass is 295 g/mol. The molecule has 0 atom stereocenters. The third-order valence-electron chi connectivity index (χ3n) is 2.41. The van der Waals surface area contributed by atoms with Crippen LogP contribution < -0.4 is 11.1 Å². The second-order valence-electron chi connectivity index (χ2n) is 3.78. The Morgan fingerprint density at radius 3 is 2.80 bits per heavy atom. The van der Waals surface area contributed by atoms with Crippen LogP contribution in [0.15, 0.2) is 23.6 Å². The number of aromatic carboxylic acids is 1. The molecule has 4 N–H and O–H groups in total. The number of carbonyl (C=O) groups is 2. The Kier molecular flexibility index (Phi) is 4.06. The summed E-state index contributed by atoms with van der Waals surface area (Å²) < 4.78 is 13.2. The van der Waals surface area contributed by atoms with E-state index in [1.807, 2.05) is 0 Å². The van der Waals surface area contributed by atoms with Crippen molar-refractivity contribution in [1.82, 2.24) is 4.98 Å². The average molecular weight is 295 g/mol. The summed E-state index contributed by atoms with van der Waals surface area (Å²) in [6, 6.07) is 3.30. The molecule has 0 fully saturated rings. The molecular formula is C12H10FN3O3S. The van der Waals surface area contributed by atoms with Crippen LogP contribution in [0.25, 0.3) is 0 Å². The molecule has 0 aliphatic rings. The number of carboxylic acid groups (broad SMARTS) is 1. The first kappa shape index (κ1) is 14.1. The highest BCUT2D eigenvalue weighted by atomic mass is 32.1. The fraction of sp³-hybridized carbons (Fsp3) is 0.0833. The highest BCUT2D eigenvalue weighted by molar-refractivity contribution is 7.09. The van der Waals surface area contributed by atoms with Gasteiger partial charge in [-0.1, -0.05) is 0 Å². The van der Waals surface area contributed by atoms with Crippen molar-refractivity contribution < 1.29 is 19.1 Å². The Hall–Kier alpha value is -2.32. The molecule has 104 valence electrons. The van der Waals surface area contributed by atoms with E-state index in [0.717, 1.165) is 12.1 Å². The first-order chi connectivity index (χ1) is 9.51. The number of nitrogens with two attached hydrogens (primary N) is 1. The largest absolute Gasteiger partial charge is 0.478 e. The molecule has 1 amide bonds. The Balaban J connectivity index is 2.19. The molecular weight excluding hydrogens is 285 g/mol. The number of carbonyl (C=O) groups excluding carboxylic acids is 1. The fourth-order valence-corrected chi connectivity index (χ4v) is 2.13. The van der Waals surface area contributed by atoms with E-state index >= 15 is 0 Å². The lowest BCUT2D eigenvalue weighted by atomic mass is 10.2. The summed E-state index contributed by atoms with van der Waals surface area (Å²) in [6.07, 6.45) is 0. The predicted octanol–water partition coefficient (Wildman–Crippen LogP) is 1.69. The minimum atomic E-state index is -1.40. The second kappa shape index (κ2) is 5.76. The molecule has 0 aliphatic heterocycles. The van der Waals surface area contributed by atoms with Crippen LogP contribution in [0.2, 0.25) is 0 Å². The van der Waals surface area contributed by atoms with Gasteiger partial charge in [-0.05, 0) is 18.2 Å². The fourth-order valence-electron chi connectivity index (χ4n) is 1.47. The minimum absolute atomic E-state index is 0.177. The third-order valence-corrected chi connectivity index (χ3v) is 3.28. The van der Waals surface area contributed by atoms with E-state index in [1.54, 1.807) is 5.38 Å². The molecule has 20 heavy (non-hydrogen) atoms. The van der Waals surface area contributed by atoms with Gasteiger partial charge in [0.05, 0.1) is 5.56 Å². The van der Waals surface area contributed by atoms with Crippen molar-refractivity contribution in [2.45, 2.75) is 6.54 Å². The molecule has 2 aromatic rings. The third kappa shape index (κ3) is 2.98. The number of aromatic nitrogens is 1. The average Bonchev–Trinajstić information content (AvgIpc) is 2.89. The van der Waals surface area contributed by atoms with Gasteiger partial charge in [0, 0.05) is 17.6 Å². The van der Waals surface area contributed by atoms with Crippen molar-refractivity contribution in [2.75, 3.05) is 5.32 Å². The smallest absolute Gasteiger partial charge is 0.338 e. The zero-order chi connectivity index (χ0) is 14.7. The lowest BCUT2D eigenvalue weighted by molar-refractivity contribution is 0.0691. The van der Waals surface area contributed by atoms with Crippen molar-refractivity contribution in [3.05, 3.63) is 45.7 Å². The van der Waals surface area contributed by atoms with Crippen molar-refractivity contribution in [1.29, 1.82) is 0 Å². The number of anilines is 1. The number of benzene rings is 1. The summed E-state index contributed by atoms with van der Waals surface area (Å²) in [5, 5.41) is 13.4. The van der Waals surface area contributed by atoms with Crippen LogP contribution in [0.5, 0.6) is 0 Å². The number of thiazole rings is 1. The molecule has 6 nitrogen and oxygen atoms in total. The zero-order valence-electron chi connectivity index (χ0n) is 10.1. The molecule has 0 radical (unpaired) electrons. The molecule has 1 heterocycles. The molecule has 0 saturated carbocycles. The number of rotatable bonds is 4.